The second kappa shape index (κ2) is 6.71. The number of fused-ring (bicyclic) bond motifs is 2. The lowest BCUT2D eigenvalue weighted by atomic mass is 10.2. The van der Waals surface area contributed by atoms with E-state index in [9.17, 15) is 22.4 Å². The fourth-order valence-corrected chi connectivity index (χ4v) is 5.11. The zero-order chi connectivity index (χ0) is 20.9. The minimum absolute atomic E-state index is 0.103. The Kier molecular flexibility index (Phi) is 4.43. The summed E-state index contributed by atoms with van der Waals surface area (Å²) in [5.41, 5.74) is 0.694. The normalized spacial score (nSPS) is 11.8. The first-order valence-electron chi connectivity index (χ1n) is 8.23. The maximum absolute atomic E-state index is 13.7. The van der Waals surface area contributed by atoms with Gasteiger partial charge in [0.25, 0.3) is 10.0 Å². The Morgan fingerprint density at radius 1 is 1.24 bits per heavy atom. The maximum Gasteiger partial charge on any atom is 0.356 e. The number of carbonyl (C=O) groups is 1. The number of anilines is 1. The molecule has 150 valence electrons. The van der Waals surface area contributed by atoms with E-state index >= 15 is 0 Å². The predicted molar refractivity (Wildman–Crippen MR) is 107 cm³/mol. The Morgan fingerprint density at radius 3 is 2.72 bits per heavy atom. The number of thiazole rings is 1. The van der Waals surface area contributed by atoms with Crippen molar-refractivity contribution < 1.29 is 22.3 Å². The number of hydrogen-bond acceptors (Lipinski definition) is 6. The lowest BCUT2D eigenvalue weighted by molar-refractivity contribution is 0.0596. The van der Waals surface area contributed by atoms with Gasteiger partial charge in [-0.2, -0.15) is 0 Å². The van der Waals surface area contributed by atoms with Crippen LogP contribution >= 0.6 is 11.3 Å². The predicted octanol–water partition coefficient (Wildman–Crippen LogP) is 2.81. The molecular weight excluding hydrogens is 421 g/mol. The van der Waals surface area contributed by atoms with Crippen molar-refractivity contribution in [1.29, 1.82) is 0 Å². The Bertz CT molecular complexity index is 1450. The molecule has 0 saturated heterocycles. The Labute approximate surface area is 167 Å². The number of aromatic amines is 1. The van der Waals surface area contributed by atoms with Crippen molar-refractivity contribution >= 4 is 54.1 Å². The fourth-order valence-electron chi connectivity index (χ4n) is 3.00. The zero-order valence-corrected chi connectivity index (χ0v) is 16.8. The fraction of sp³-hybridized carbons (Fsp3) is 0.111. The molecule has 0 saturated carbocycles. The smallest absolute Gasteiger partial charge is 0.356 e. The molecule has 8 nitrogen and oxygen atoms in total. The van der Waals surface area contributed by atoms with Gasteiger partial charge in [-0.05, 0) is 36.4 Å². The molecule has 2 aromatic heterocycles. The number of esters is 1. The van der Waals surface area contributed by atoms with Gasteiger partial charge in [-0.15, -0.1) is 0 Å². The molecule has 0 spiro atoms. The Morgan fingerprint density at radius 2 is 2.00 bits per heavy atom. The molecule has 0 radical (unpaired) electrons. The number of rotatable bonds is 4. The molecule has 0 fully saturated rings. The highest BCUT2D eigenvalue weighted by molar-refractivity contribution is 7.92. The number of nitrogens with one attached hydrogen (secondary N) is 2. The Hall–Kier alpha value is -3.18. The van der Waals surface area contributed by atoms with Crippen LogP contribution in [0, 0.1) is 5.82 Å². The maximum atomic E-state index is 13.7. The highest BCUT2D eigenvalue weighted by atomic mass is 32.2. The van der Waals surface area contributed by atoms with Gasteiger partial charge in [0, 0.05) is 18.0 Å². The summed E-state index contributed by atoms with van der Waals surface area (Å²) in [6.07, 6.45) is 0. The van der Waals surface area contributed by atoms with E-state index in [0.717, 1.165) is 24.5 Å². The molecule has 0 unspecified atom stereocenters. The van der Waals surface area contributed by atoms with Crippen molar-refractivity contribution in [2.24, 2.45) is 7.05 Å². The third kappa shape index (κ3) is 3.17. The average Bonchev–Trinajstić information content (AvgIpc) is 3.17. The largest absolute Gasteiger partial charge is 0.464 e. The number of aryl methyl sites for hydroxylation is 1. The molecule has 0 bridgehead atoms. The van der Waals surface area contributed by atoms with Crippen LogP contribution in [0.1, 0.15) is 10.5 Å². The number of ether oxygens (including phenoxy) is 1. The number of methoxy groups -OCH3 is 1. The summed E-state index contributed by atoms with van der Waals surface area (Å²) in [6.45, 7) is 0. The topological polar surface area (TPSA) is 110 Å². The molecule has 2 heterocycles. The van der Waals surface area contributed by atoms with E-state index in [2.05, 4.69) is 9.71 Å². The highest BCUT2D eigenvalue weighted by Gasteiger charge is 2.24. The molecule has 4 rings (SSSR count). The van der Waals surface area contributed by atoms with E-state index in [0.29, 0.717) is 15.7 Å². The summed E-state index contributed by atoms with van der Waals surface area (Å²) in [5.74, 6) is -1.40. The molecule has 2 N–H and O–H groups in total. The lowest BCUT2D eigenvalue weighted by Gasteiger charge is -2.09. The Balaban J connectivity index is 1.86. The molecule has 0 amide bonds. The number of benzene rings is 2. The number of sulfonamides is 1. The number of H-pyrrole nitrogens is 1. The summed E-state index contributed by atoms with van der Waals surface area (Å²) in [6, 6.07) is 7.94. The van der Waals surface area contributed by atoms with Gasteiger partial charge in [0.1, 0.15) is 5.82 Å². The molecule has 0 aliphatic carbocycles. The van der Waals surface area contributed by atoms with Crippen LogP contribution in [0.5, 0.6) is 0 Å². The second-order valence-electron chi connectivity index (χ2n) is 6.22. The van der Waals surface area contributed by atoms with Crippen molar-refractivity contribution in [2.45, 2.75) is 4.90 Å². The quantitative estimate of drug-likeness (QED) is 0.479. The SMILES string of the molecule is COC(=O)c1[nH]c2ccc(F)cc2c1NS(=O)(=O)c1ccc2c(c1)sc(=O)n2C. The minimum Gasteiger partial charge on any atom is -0.464 e. The molecule has 0 atom stereocenters. The summed E-state index contributed by atoms with van der Waals surface area (Å²) in [7, 11) is -1.41. The molecule has 0 aliphatic heterocycles. The van der Waals surface area contributed by atoms with Crippen molar-refractivity contribution in [2.75, 3.05) is 11.8 Å². The van der Waals surface area contributed by atoms with Crippen LogP contribution in [-0.4, -0.2) is 31.0 Å². The third-order valence-corrected chi connectivity index (χ3v) is 6.80. The van der Waals surface area contributed by atoms with Crippen molar-refractivity contribution in [3.63, 3.8) is 0 Å². The number of halogens is 1. The highest BCUT2D eigenvalue weighted by Crippen LogP contribution is 2.31. The van der Waals surface area contributed by atoms with E-state index < -0.39 is 21.8 Å². The van der Waals surface area contributed by atoms with Gasteiger partial charge in [0.2, 0.25) is 0 Å². The van der Waals surface area contributed by atoms with Gasteiger partial charge < -0.3 is 14.3 Å². The van der Waals surface area contributed by atoms with Gasteiger partial charge in [-0.3, -0.25) is 9.52 Å². The first-order chi connectivity index (χ1) is 13.7. The zero-order valence-electron chi connectivity index (χ0n) is 15.1. The molecule has 11 heteroatoms. The molecule has 29 heavy (non-hydrogen) atoms. The van der Waals surface area contributed by atoms with Gasteiger partial charge in [-0.25, -0.2) is 17.6 Å². The number of nitrogens with zero attached hydrogens (tertiary/aromatic N) is 1. The third-order valence-electron chi connectivity index (χ3n) is 4.46. The summed E-state index contributed by atoms with van der Waals surface area (Å²) >= 11 is 0.918. The summed E-state index contributed by atoms with van der Waals surface area (Å²) in [4.78, 5) is 26.3. The number of carbonyl (C=O) groups excluding carboxylic acids is 1. The van der Waals surface area contributed by atoms with Gasteiger partial charge >= 0.3 is 10.8 Å². The van der Waals surface area contributed by atoms with E-state index in [-0.39, 0.29) is 26.5 Å². The molecule has 0 aliphatic rings. The van der Waals surface area contributed by atoms with E-state index in [1.54, 1.807) is 7.05 Å². The van der Waals surface area contributed by atoms with Crippen molar-refractivity contribution in [1.82, 2.24) is 9.55 Å². The average molecular weight is 435 g/mol. The van der Waals surface area contributed by atoms with Crippen LogP contribution in [0.2, 0.25) is 0 Å². The van der Waals surface area contributed by atoms with Crippen LogP contribution in [0.4, 0.5) is 10.1 Å². The van der Waals surface area contributed by atoms with Gasteiger partial charge in [-0.1, -0.05) is 11.3 Å². The monoisotopic (exact) mass is 435 g/mol. The van der Waals surface area contributed by atoms with Crippen LogP contribution in [0.15, 0.2) is 46.1 Å². The number of hydrogen-bond donors (Lipinski definition) is 2. The van der Waals surface area contributed by atoms with Crippen LogP contribution in [0.25, 0.3) is 21.1 Å². The van der Waals surface area contributed by atoms with Crippen LogP contribution in [0.3, 0.4) is 0 Å². The standard InChI is InChI=1S/C18H14FN3O5S2/c1-22-13-6-4-10(8-14(13)28-18(22)24)29(25,26)21-15-11-7-9(19)3-5-12(11)20-16(15)17(23)27-2/h3-8,20-21H,1-2H3. The van der Waals surface area contributed by atoms with Crippen LogP contribution in [-0.2, 0) is 21.8 Å². The van der Waals surface area contributed by atoms with E-state index in [1.807, 2.05) is 0 Å². The second-order valence-corrected chi connectivity index (χ2v) is 8.89. The van der Waals surface area contributed by atoms with Gasteiger partial charge in [0.05, 0.1) is 27.9 Å². The van der Waals surface area contributed by atoms with Crippen LogP contribution < -0.4 is 9.60 Å². The molecule has 2 aromatic carbocycles. The van der Waals surface area contributed by atoms with E-state index in [4.69, 9.17) is 4.74 Å². The lowest BCUT2D eigenvalue weighted by Crippen LogP contribution is -2.15. The summed E-state index contributed by atoms with van der Waals surface area (Å²) < 4.78 is 48.7. The van der Waals surface area contributed by atoms with E-state index in [1.165, 1.54) is 34.9 Å². The first kappa shape index (κ1) is 19.2. The molecule has 4 aromatic rings. The number of aromatic nitrogens is 2. The minimum atomic E-state index is -4.15. The van der Waals surface area contributed by atoms with Crippen molar-refractivity contribution in [3.8, 4) is 0 Å². The summed E-state index contributed by atoms with van der Waals surface area (Å²) in [5, 5.41) is 0.180. The first-order valence-corrected chi connectivity index (χ1v) is 10.5. The van der Waals surface area contributed by atoms with Gasteiger partial charge in [0.15, 0.2) is 5.69 Å². The van der Waals surface area contributed by atoms with Crippen molar-refractivity contribution in [3.05, 3.63) is 57.6 Å². The molecular formula is C18H14FN3O5S2.